The summed E-state index contributed by atoms with van der Waals surface area (Å²) < 4.78 is 0. The predicted octanol–water partition coefficient (Wildman–Crippen LogP) is 4.64. The van der Waals surface area contributed by atoms with E-state index >= 15 is 0 Å². The van der Waals surface area contributed by atoms with Gasteiger partial charge in [-0.1, -0.05) is 42.3 Å². The second kappa shape index (κ2) is 6.83. The van der Waals surface area contributed by atoms with Crippen LogP contribution in [0.2, 0.25) is 10.0 Å². The summed E-state index contributed by atoms with van der Waals surface area (Å²) in [7, 11) is 1.88. The number of anilines is 1. The van der Waals surface area contributed by atoms with Crippen LogP contribution in [0, 0.1) is 0 Å². The topological polar surface area (TPSA) is 41.6 Å². The molecule has 0 aromatic heterocycles. The molecule has 2 aromatic rings. The Morgan fingerprint density at radius 3 is 2.57 bits per heavy atom. The number of nitrogens with two attached hydrogens (primary N) is 1. The van der Waals surface area contributed by atoms with Crippen LogP contribution in [-0.2, 0) is 6.42 Å². The van der Waals surface area contributed by atoms with E-state index in [1.165, 1.54) is 5.56 Å². The number of halogens is 2. The van der Waals surface area contributed by atoms with Gasteiger partial charge in [0.05, 0.1) is 15.7 Å². The molecule has 5 heteroatoms. The van der Waals surface area contributed by atoms with Crippen molar-refractivity contribution in [2.45, 2.75) is 13.3 Å². The SMILES string of the molecule is CCc1cccc(N(C)C(N)=Nc2ccc(Cl)c(Cl)c2)c1. The Labute approximate surface area is 135 Å². The maximum atomic E-state index is 6.06. The van der Waals surface area contributed by atoms with Gasteiger partial charge in [0.1, 0.15) is 0 Å². The van der Waals surface area contributed by atoms with E-state index < -0.39 is 0 Å². The van der Waals surface area contributed by atoms with Gasteiger partial charge < -0.3 is 10.6 Å². The lowest BCUT2D eigenvalue weighted by atomic mass is 10.1. The Morgan fingerprint density at radius 1 is 1.14 bits per heavy atom. The zero-order chi connectivity index (χ0) is 15.4. The van der Waals surface area contributed by atoms with E-state index in [2.05, 4.69) is 24.0 Å². The third-order valence-corrected chi connectivity index (χ3v) is 3.94. The van der Waals surface area contributed by atoms with Crippen LogP contribution in [0.25, 0.3) is 0 Å². The molecule has 0 saturated carbocycles. The van der Waals surface area contributed by atoms with Crippen LogP contribution in [0.4, 0.5) is 11.4 Å². The van der Waals surface area contributed by atoms with Gasteiger partial charge in [0.25, 0.3) is 0 Å². The van der Waals surface area contributed by atoms with Crippen LogP contribution in [-0.4, -0.2) is 13.0 Å². The minimum absolute atomic E-state index is 0.390. The summed E-state index contributed by atoms with van der Waals surface area (Å²) in [5.74, 6) is 0.390. The maximum Gasteiger partial charge on any atom is 0.200 e. The van der Waals surface area contributed by atoms with Crippen molar-refractivity contribution in [2.24, 2.45) is 10.7 Å². The average Bonchev–Trinajstić information content (AvgIpc) is 2.50. The molecule has 0 radical (unpaired) electrons. The lowest BCUT2D eigenvalue weighted by molar-refractivity contribution is 1.13. The lowest BCUT2D eigenvalue weighted by Gasteiger charge is -2.19. The molecule has 0 heterocycles. The van der Waals surface area contributed by atoms with Gasteiger partial charge in [0, 0.05) is 12.7 Å². The first kappa shape index (κ1) is 15.7. The van der Waals surface area contributed by atoms with Crippen molar-refractivity contribution in [3.05, 3.63) is 58.1 Å². The molecular weight excluding hydrogens is 305 g/mol. The smallest absolute Gasteiger partial charge is 0.200 e. The van der Waals surface area contributed by atoms with Gasteiger partial charge in [-0.05, 0) is 42.3 Å². The number of aliphatic imine (C=N–C) groups is 1. The summed E-state index contributed by atoms with van der Waals surface area (Å²) in [4.78, 5) is 6.21. The molecule has 110 valence electrons. The number of guanidine groups is 1. The normalized spacial score (nSPS) is 11.5. The molecule has 0 unspecified atom stereocenters. The van der Waals surface area contributed by atoms with Crippen molar-refractivity contribution < 1.29 is 0 Å². The van der Waals surface area contributed by atoms with E-state index in [0.29, 0.717) is 21.7 Å². The number of rotatable bonds is 3. The Morgan fingerprint density at radius 2 is 1.90 bits per heavy atom. The molecule has 2 N–H and O–H groups in total. The summed E-state index contributed by atoms with van der Waals surface area (Å²) in [6.45, 7) is 2.12. The fourth-order valence-electron chi connectivity index (χ4n) is 1.88. The molecule has 0 bridgehead atoms. The minimum Gasteiger partial charge on any atom is -0.369 e. The summed E-state index contributed by atoms with van der Waals surface area (Å²) in [6.07, 6.45) is 0.978. The first-order chi connectivity index (χ1) is 10.0. The number of aryl methyl sites for hydroxylation is 1. The van der Waals surface area contributed by atoms with Gasteiger partial charge >= 0.3 is 0 Å². The second-order valence-corrected chi connectivity index (χ2v) is 5.47. The number of nitrogens with zero attached hydrogens (tertiary/aromatic N) is 2. The minimum atomic E-state index is 0.390. The average molecular weight is 322 g/mol. The monoisotopic (exact) mass is 321 g/mol. The van der Waals surface area contributed by atoms with E-state index in [-0.39, 0.29) is 0 Å². The third-order valence-electron chi connectivity index (χ3n) is 3.20. The molecule has 0 aliphatic heterocycles. The summed E-state index contributed by atoms with van der Waals surface area (Å²) >= 11 is 11.9. The van der Waals surface area contributed by atoms with E-state index in [1.54, 1.807) is 18.2 Å². The van der Waals surface area contributed by atoms with E-state index in [0.717, 1.165) is 12.1 Å². The number of hydrogen-bond donors (Lipinski definition) is 1. The Bertz CT molecular complexity index is 668. The van der Waals surface area contributed by atoms with Gasteiger partial charge in [-0.3, -0.25) is 0 Å². The quantitative estimate of drug-likeness (QED) is 0.661. The van der Waals surface area contributed by atoms with E-state index in [9.17, 15) is 0 Å². The van der Waals surface area contributed by atoms with Crippen molar-refractivity contribution in [3.63, 3.8) is 0 Å². The molecule has 0 amide bonds. The standard InChI is InChI=1S/C16H17Cl2N3/c1-3-11-5-4-6-13(9-11)21(2)16(19)20-12-7-8-14(17)15(18)10-12/h4-10H,3H2,1-2H3,(H2,19,20). The van der Waals surface area contributed by atoms with Crippen molar-refractivity contribution in [2.75, 3.05) is 11.9 Å². The van der Waals surface area contributed by atoms with Crippen LogP contribution in [0.1, 0.15) is 12.5 Å². The highest BCUT2D eigenvalue weighted by Crippen LogP contribution is 2.27. The summed E-state index contributed by atoms with van der Waals surface area (Å²) in [6, 6.07) is 13.4. The largest absolute Gasteiger partial charge is 0.369 e. The molecule has 0 saturated heterocycles. The van der Waals surface area contributed by atoms with Gasteiger partial charge in [0.2, 0.25) is 5.96 Å². The van der Waals surface area contributed by atoms with Crippen molar-refractivity contribution in [3.8, 4) is 0 Å². The second-order valence-electron chi connectivity index (χ2n) is 4.65. The Balaban J connectivity index is 2.26. The first-order valence-electron chi connectivity index (χ1n) is 6.63. The fourth-order valence-corrected chi connectivity index (χ4v) is 2.17. The van der Waals surface area contributed by atoms with Crippen molar-refractivity contribution in [1.29, 1.82) is 0 Å². The van der Waals surface area contributed by atoms with Gasteiger partial charge in [-0.15, -0.1) is 0 Å². The summed E-state index contributed by atoms with van der Waals surface area (Å²) in [5, 5.41) is 0.958. The van der Waals surface area contributed by atoms with Crippen LogP contribution >= 0.6 is 23.2 Å². The summed E-state index contributed by atoms with van der Waals surface area (Å²) in [5.41, 5.74) is 8.98. The maximum absolute atomic E-state index is 6.06. The molecule has 0 atom stereocenters. The predicted molar refractivity (Wildman–Crippen MR) is 92.0 cm³/mol. The van der Waals surface area contributed by atoms with E-state index in [1.807, 2.05) is 24.1 Å². The Kier molecular flexibility index (Phi) is 5.10. The van der Waals surface area contributed by atoms with E-state index in [4.69, 9.17) is 28.9 Å². The van der Waals surface area contributed by atoms with Crippen LogP contribution in [0.5, 0.6) is 0 Å². The van der Waals surface area contributed by atoms with Crippen LogP contribution in [0.3, 0.4) is 0 Å². The zero-order valence-electron chi connectivity index (χ0n) is 12.0. The lowest BCUT2D eigenvalue weighted by Crippen LogP contribution is -2.33. The first-order valence-corrected chi connectivity index (χ1v) is 7.38. The van der Waals surface area contributed by atoms with Gasteiger partial charge in [-0.25, -0.2) is 4.99 Å². The van der Waals surface area contributed by atoms with Gasteiger partial charge in [-0.2, -0.15) is 0 Å². The highest BCUT2D eigenvalue weighted by molar-refractivity contribution is 6.42. The molecule has 0 aliphatic carbocycles. The fraction of sp³-hybridized carbons (Fsp3) is 0.188. The van der Waals surface area contributed by atoms with Crippen molar-refractivity contribution >= 4 is 40.5 Å². The highest BCUT2D eigenvalue weighted by atomic mass is 35.5. The van der Waals surface area contributed by atoms with Crippen LogP contribution < -0.4 is 10.6 Å². The molecular formula is C16H17Cl2N3. The zero-order valence-corrected chi connectivity index (χ0v) is 13.5. The van der Waals surface area contributed by atoms with Crippen LogP contribution in [0.15, 0.2) is 47.5 Å². The molecule has 3 nitrogen and oxygen atoms in total. The molecule has 0 spiro atoms. The highest BCUT2D eigenvalue weighted by Gasteiger charge is 2.06. The third kappa shape index (κ3) is 3.90. The Hall–Kier alpha value is -1.71. The molecule has 0 aliphatic rings. The molecule has 2 aromatic carbocycles. The van der Waals surface area contributed by atoms with Gasteiger partial charge in [0.15, 0.2) is 0 Å². The van der Waals surface area contributed by atoms with Crippen molar-refractivity contribution in [1.82, 2.24) is 0 Å². The molecule has 2 rings (SSSR count). The molecule has 0 fully saturated rings. The molecule has 21 heavy (non-hydrogen) atoms. The number of hydrogen-bond acceptors (Lipinski definition) is 1. The number of benzene rings is 2.